The number of ether oxygens (including phenoxy) is 1. The molecule has 1 atom stereocenters. The van der Waals surface area contributed by atoms with E-state index in [1.54, 1.807) is 10.6 Å². The van der Waals surface area contributed by atoms with Crippen molar-refractivity contribution in [1.82, 2.24) is 14.8 Å². The van der Waals surface area contributed by atoms with E-state index in [0.717, 1.165) is 22.2 Å². The summed E-state index contributed by atoms with van der Waals surface area (Å²) >= 11 is 0. The summed E-state index contributed by atoms with van der Waals surface area (Å²) in [5, 5.41) is 3.17. The standard InChI is InChI=1S/C22H23N3O5/c1-22(2,3)30-19(27)9-5-13-4-6-16-14(10-13)11-15-12-24(21(29)25(15)16)17-7-8-18(26)23-20(17)28/h4-6,9-11,17H,7-8,12H2,1-3H3,(H,23,26,28)/b9-5+. The van der Waals surface area contributed by atoms with Crippen LogP contribution in [0.1, 0.15) is 44.9 Å². The lowest BCUT2D eigenvalue weighted by Crippen LogP contribution is -2.52. The van der Waals surface area contributed by atoms with Gasteiger partial charge >= 0.3 is 12.0 Å². The number of hydrogen-bond donors (Lipinski definition) is 1. The molecule has 156 valence electrons. The van der Waals surface area contributed by atoms with Crippen molar-refractivity contribution in [3.05, 3.63) is 41.6 Å². The van der Waals surface area contributed by atoms with Crippen LogP contribution in [0.15, 0.2) is 30.3 Å². The van der Waals surface area contributed by atoms with Crippen LogP contribution < -0.4 is 5.32 Å². The van der Waals surface area contributed by atoms with Crippen molar-refractivity contribution in [3.63, 3.8) is 0 Å². The normalized spacial score (nSPS) is 19.5. The molecule has 2 aliphatic rings. The van der Waals surface area contributed by atoms with Gasteiger partial charge in [0.25, 0.3) is 0 Å². The number of carbonyl (C=O) groups excluding carboxylic acids is 4. The Bertz CT molecular complexity index is 1110. The van der Waals surface area contributed by atoms with Crippen LogP contribution in [0.5, 0.6) is 0 Å². The van der Waals surface area contributed by atoms with E-state index in [2.05, 4.69) is 5.32 Å². The van der Waals surface area contributed by atoms with Gasteiger partial charge in [-0.25, -0.2) is 9.59 Å². The fraction of sp³-hybridized carbons (Fsp3) is 0.364. The highest BCUT2D eigenvalue weighted by Gasteiger charge is 2.39. The predicted octanol–water partition coefficient (Wildman–Crippen LogP) is 2.59. The van der Waals surface area contributed by atoms with E-state index in [1.165, 1.54) is 11.0 Å². The average Bonchev–Trinajstić information content (AvgIpc) is 3.15. The van der Waals surface area contributed by atoms with Crippen molar-refractivity contribution in [2.45, 2.75) is 51.8 Å². The number of esters is 1. The minimum atomic E-state index is -0.638. The van der Waals surface area contributed by atoms with Crippen LogP contribution in [0.25, 0.3) is 17.0 Å². The van der Waals surface area contributed by atoms with Crippen molar-refractivity contribution in [1.29, 1.82) is 0 Å². The molecule has 4 rings (SSSR count). The molecule has 1 N–H and O–H groups in total. The molecule has 2 aliphatic heterocycles. The first kappa shape index (κ1) is 19.9. The Morgan fingerprint density at radius 2 is 1.97 bits per heavy atom. The second-order valence-corrected chi connectivity index (χ2v) is 8.53. The van der Waals surface area contributed by atoms with Gasteiger partial charge in [0, 0.05) is 23.6 Å². The molecule has 0 saturated carbocycles. The SMILES string of the molecule is CC(C)(C)OC(=O)/C=C/c1ccc2c(c1)cc1n2C(=O)N(C2CCC(=O)NC2=O)C1. The molecule has 1 saturated heterocycles. The Kier molecular flexibility index (Phi) is 4.72. The number of rotatable bonds is 3. The highest BCUT2D eigenvalue weighted by Crippen LogP contribution is 2.30. The molecular weight excluding hydrogens is 386 g/mol. The summed E-state index contributed by atoms with van der Waals surface area (Å²) in [4.78, 5) is 49.9. The van der Waals surface area contributed by atoms with E-state index in [4.69, 9.17) is 4.74 Å². The summed E-state index contributed by atoms with van der Waals surface area (Å²) in [5.74, 6) is -1.15. The maximum Gasteiger partial charge on any atom is 0.331 e. The zero-order valence-electron chi connectivity index (χ0n) is 17.1. The lowest BCUT2D eigenvalue weighted by molar-refractivity contribution is -0.148. The molecule has 1 fully saturated rings. The molecule has 1 aromatic heterocycles. The Morgan fingerprint density at radius 1 is 1.20 bits per heavy atom. The van der Waals surface area contributed by atoms with Crippen LogP contribution in [0, 0.1) is 0 Å². The molecule has 0 radical (unpaired) electrons. The summed E-state index contributed by atoms with van der Waals surface area (Å²) in [6.07, 6.45) is 3.61. The van der Waals surface area contributed by atoms with Gasteiger partial charge in [0.1, 0.15) is 11.6 Å². The van der Waals surface area contributed by atoms with Gasteiger partial charge in [-0.15, -0.1) is 0 Å². The molecule has 1 unspecified atom stereocenters. The largest absolute Gasteiger partial charge is 0.457 e. The number of nitrogens with one attached hydrogen (secondary N) is 1. The van der Waals surface area contributed by atoms with Crippen molar-refractivity contribution >= 4 is 40.8 Å². The lowest BCUT2D eigenvalue weighted by Gasteiger charge is -2.28. The maximum absolute atomic E-state index is 13.0. The third kappa shape index (κ3) is 3.72. The van der Waals surface area contributed by atoms with E-state index >= 15 is 0 Å². The molecule has 1 aromatic carbocycles. The van der Waals surface area contributed by atoms with Crippen molar-refractivity contribution in [2.24, 2.45) is 0 Å². The lowest BCUT2D eigenvalue weighted by atomic mass is 10.0. The number of carbonyl (C=O) groups is 4. The summed E-state index contributed by atoms with van der Waals surface area (Å²) in [6.45, 7) is 5.73. The molecule has 3 amide bonds. The van der Waals surface area contributed by atoms with Crippen LogP contribution in [-0.4, -0.2) is 44.9 Å². The van der Waals surface area contributed by atoms with E-state index in [0.29, 0.717) is 13.0 Å². The summed E-state index contributed by atoms with van der Waals surface area (Å²) in [7, 11) is 0. The van der Waals surface area contributed by atoms with Crippen LogP contribution in [0.3, 0.4) is 0 Å². The number of fused-ring (bicyclic) bond motifs is 3. The Morgan fingerprint density at radius 3 is 2.67 bits per heavy atom. The minimum absolute atomic E-state index is 0.225. The van der Waals surface area contributed by atoms with E-state index in [9.17, 15) is 19.2 Å². The maximum atomic E-state index is 13.0. The van der Waals surface area contributed by atoms with Crippen molar-refractivity contribution in [3.8, 4) is 0 Å². The molecule has 0 aliphatic carbocycles. The number of imide groups is 1. The van der Waals surface area contributed by atoms with E-state index in [-0.39, 0.29) is 18.4 Å². The molecule has 8 nitrogen and oxygen atoms in total. The zero-order chi connectivity index (χ0) is 21.6. The van der Waals surface area contributed by atoms with Gasteiger partial charge in [-0.05, 0) is 57.0 Å². The smallest absolute Gasteiger partial charge is 0.331 e. The summed E-state index contributed by atoms with van der Waals surface area (Å²) in [6, 6.07) is 6.53. The summed E-state index contributed by atoms with van der Waals surface area (Å²) in [5.41, 5.74) is 1.78. The predicted molar refractivity (Wildman–Crippen MR) is 109 cm³/mol. The molecule has 2 aromatic rings. The third-order valence-electron chi connectivity index (χ3n) is 5.08. The second-order valence-electron chi connectivity index (χ2n) is 8.53. The van der Waals surface area contributed by atoms with Gasteiger partial charge in [0.05, 0.1) is 12.1 Å². The first-order valence-electron chi connectivity index (χ1n) is 9.82. The van der Waals surface area contributed by atoms with Gasteiger partial charge in [-0.3, -0.25) is 19.5 Å². The quantitative estimate of drug-likeness (QED) is 0.477. The van der Waals surface area contributed by atoms with Crippen LogP contribution in [0.4, 0.5) is 4.79 Å². The van der Waals surface area contributed by atoms with E-state index < -0.39 is 23.5 Å². The fourth-order valence-electron chi connectivity index (χ4n) is 3.83. The molecule has 0 bridgehead atoms. The van der Waals surface area contributed by atoms with Gasteiger partial charge in [0.2, 0.25) is 11.8 Å². The van der Waals surface area contributed by atoms with Crippen LogP contribution in [0.2, 0.25) is 0 Å². The molecular formula is C22H23N3O5. The number of piperidine rings is 1. The Balaban J connectivity index is 1.54. The number of aromatic nitrogens is 1. The molecule has 3 heterocycles. The number of benzene rings is 1. The van der Waals surface area contributed by atoms with Gasteiger partial charge in [-0.2, -0.15) is 0 Å². The topological polar surface area (TPSA) is 97.7 Å². The zero-order valence-corrected chi connectivity index (χ0v) is 17.1. The van der Waals surface area contributed by atoms with Gasteiger partial charge < -0.3 is 9.64 Å². The van der Waals surface area contributed by atoms with Crippen LogP contribution >= 0.6 is 0 Å². The first-order valence-corrected chi connectivity index (χ1v) is 9.82. The van der Waals surface area contributed by atoms with E-state index in [1.807, 2.05) is 45.0 Å². The molecule has 8 heteroatoms. The Hall–Kier alpha value is -3.42. The number of amides is 3. The monoisotopic (exact) mass is 409 g/mol. The van der Waals surface area contributed by atoms with Gasteiger partial charge in [0.15, 0.2) is 0 Å². The van der Waals surface area contributed by atoms with Crippen molar-refractivity contribution in [2.75, 3.05) is 0 Å². The van der Waals surface area contributed by atoms with Crippen molar-refractivity contribution < 1.29 is 23.9 Å². The highest BCUT2D eigenvalue weighted by molar-refractivity contribution is 6.03. The molecule has 0 spiro atoms. The highest BCUT2D eigenvalue weighted by atomic mass is 16.6. The summed E-state index contributed by atoms with van der Waals surface area (Å²) < 4.78 is 6.86. The van der Waals surface area contributed by atoms with Crippen LogP contribution in [-0.2, 0) is 25.7 Å². The second kappa shape index (κ2) is 7.12. The first-order chi connectivity index (χ1) is 14.1. The number of hydrogen-bond acceptors (Lipinski definition) is 5. The Labute approximate surface area is 173 Å². The molecule has 30 heavy (non-hydrogen) atoms. The van der Waals surface area contributed by atoms with Gasteiger partial charge in [-0.1, -0.05) is 6.07 Å². The number of nitrogens with zero attached hydrogens (tertiary/aromatic N) is 2. The average molecular weight is 409 g/mol. The minimum Gasteiger partial charge on any atom is -0.457 e. The fourth-order valence-corrected chi connectivity index (χ4v) is 3.83. The third-order valence-corrected chi connectivity index (χ3v) is 5.08.